The van der Waals surface area contributed by atoms with Crippen LogP contribution in [0.1, 0.15) is 44.6 Å². The Kier molecular flexibility index (Phi) is 3.88. The molecule has 0 spiro atoms. The van der Waals surface area contributed by atoms with E-state index >= 15 is 0 Å². The molecule has 1 amide bonds. The fraction of sp³-hybridized carbons (Fsp3) is 0.750. The zero-order valence-corrected chi connectivity index (χ0v) is 12.9. The van der Waals surface area contributed by atoms with Gasteiger partial charge in [-0.1, -0.05) is 12.8 Å². The van der Waals surface area contributed by atoms with Crippen LogP contribution in [0.5, 0.6) is 0 Å². The van der Waals surface area contributed by atoms with Gasteiger partial charge in [-0.2, -0.15) is 5.10 Å². The van der Waals surface area contributed by atoms with E-state index in [2.05, 4.69) is 21.0 Å². The van der Waals surface area contributed by atoms with Gasteiger partial charge in [-0.25, -0.2) is 0 Å². The van der Waals surface area contributed by atoms with E-state index in [0.717, 1.165) is 25.9 Å². The smallest absolute Gasteiger partial charge is 0.242 e. The van der Waals surface area contributed by atoms with Crippen LogP contribution in [0.15, 0.2) is 12.3 Å². The van der Waals surface area contributed by atoms with Gasteiger partial charge in [-0.3, -0.25) is 9.48 Å². The summed E-state index contributed by atoms with van der Waals surface area (Å²) in [4.78, 5) is 12.5. The molecule has 4 rings (SSSR count). The molecule has 3 aliphatic rings. The third kappa shape index (κ3) is 2.77. The van der Waals surface area contributed by atoms with E-state index in [1.807, 2.05) is 16.9 Å². The molecule has 2 saturated heterocycles. The molecule has 0 radical (unpaired) electrons. The molecule has 0 aromatic carbocycles. The van der Waals surface area contributed by atoms with Gasteiger partial charge in [0.15, 0.2) is 5.82 Å². The highest BCUT2D eigenvalue weighted by molar-refractivity contribution is 5.94. The molecule has 1 saturated carbocycles. The summed E-state index contributed by atoms with van der Waals surface area (Å²) in [7, 11) is 0. The molecular formula is C16H25N5O. The first-order chi connectivity index (χ1) is 10.8. The van der Waals surface area contributed by atoms with Crippen molar-refractivity contribution in [3.05, 3.63) is 12.3 Å². The molecule has 6 nitrogen and oxygen atoms in total. The summed E-state index contributed by atoms with van der Waals surface area (Å²) in [6, 6.07) is 2.81. The van der Waals surface area contributed by atoms with Crippen molar-refractivity contribution in [2.45, 2.75) is 56.7 Å². The van der Waals surface area contributed by atoms with Gasteiger partial charge in [0.05, 0.1) is 12.1 Å². The highest BCUT2D eigenvalue weighted by atomic mass is 16.2. The predicted octanol–water partition coefficient (Wildman–Crippen LogP) is 1.28. The first-order valence-corrected chi connectivity index (χ1v) is 8.62. The van der Waals surface area contributed by atoms with E-state index < -0.39 is 0 Å². The van der Waals surface area contributed by atoms with E-state index in [-0.39, 0.29) is 11.9 Å². The Labute approximate surface area is 131 Å². The number of nitrogens with one attached hydrogen (secondary N) is 3. The number of carbonyl (C=O) groups excluding carboxylic acids is 1. The standard InChI is InChI=1S/C16H25N5O/c22-16(14-9-11-3-1-2-4-13(11)18-14)19-15-6-8-21(20-15)12-5-7-17-10-12/h6,8,11-14,17-18H,1-5,7,9-10H2,(H,19,20,22)/t11-,12+,13+,14-/m0/s1. The van der Waals surface area contributed by atoms with Crippen LogP contribution in [0.3, 0.4) is 0 Å². The first-order valence-electron chi connectivity index (χ1n) is 8.62. The molecule has 2 aliphatic heterocycles. The van der Waals surface area contributed by atoms with Crippen LogP contribution < -0.4 is 16.0 Å². The number of fused-ring (bicyclic) bond motifs is 1. The number of nitrogens with zero attached hydrogens (tertiary/aromatic N) is 2. The minimum Gasteiger partial charge on any atom is -0.315 e. The summed E-state index contributed by atoms with van der Waals surface area (Å²) in [6.07, 6.45) is 9.14. The zero-order valence-electron chi connectivity index (χ0n) is 12.9. The summed E-state index contributed by atoms with van der Waals surface area (Å²) in [5.74, 6) is 1.43. The Morgan fingerprint density at radius 3 is 3.05 bits per heavy atom. The normalized spacial score (nSPS) is 34.5. The zero-order chi connectivity index (χ0) is 14.9. The highest BCUT2D eigenvalue weighted by Crippen LogP contribution is 2.33. The number of rotatable bonds is 3. The fourth-order valence-corrected chi connectivity index (χ4v) is 4.21. The molecule has 1 aliphatic carbocycles. The molecule has 4 atom stereocenters. The quantitative estimate of drug-likeness (QED) is 0.786. The minimum atomic E-state index is -0.0496. The maximum absolute atomic E-state index is 12.5. The summed E-state index contributed by atoms with van der Waals surface area (Å²) < 4.78 is 1.97. The number of carbonyl (C=O) groups is 1. The largest absolute Gasteiger partial charge is 0.315 e. The van der Waals surface area contributed by atoms with Crippen LogP contribution in [0, 0.1) is 5.92 Å². The van der Waals surface area contributed by atoms with Gasteiger partial charge >= 0.3 is 0 Å². The van der Waals surface area contributed by atoms with Crippen molar-refractivity contribution >= 4 is 11.7 Å². The van der Waals surface area contributed by atoms with Crippen molar-refractivity contribution in [3.63, 3.8) is 0 Å². The lowest BCUT2D eigenvalue weighted by Gasteiger charge is -2.24. The molecule has 0 bridgehead atoms. The Balaban J connectivity index is 1.36. The van der Waals surface area contributed by atoms with Gasteiger partial charge in [-0.05, 0) is 38.1 Å². The monoisotopic (exact) mass is 303 g/mol. The lowest BCUT2D eigenvalue weighted by Crippen LogP contribution is -2.40. The van der Waals surface area contributed by atoms with Gasteiger partial charge in [0, 0.05) is 24.8 Å². The van der Waals surface area contributed by atoms with Crippen molar-refractivity contribution < 1.29 is 4.79 Å². The lowest BCUT2D eigenvalue weighted by atomic mass is 9.85. The minimum absolute atomic E-state index is 0.0496. The van der Waals surface area contributed by atoms with E-state index in [1.165, 1.54) is 25.7 Å². The third-order valence-electron chi connectivity index (χ3n) is 5.45. The van der Waals surface area contributed by atoms with Gasteiger partial charge in [0.25, 0.3) is 0 Å². The molecule has 1 aromatic heterocycles. The van der Waals surface area contributed by atoms with Crippen LogP contribution in [0.4, 0.5) is 5.82 Å². The second-order valence-corrected chi connectivity index (χ2v) is 6.92. The number of hydrogen-bond donors (Lipinski definition) is 3. The van der Waals surface area contributed by atoms with Crippen LogP contribution >= 0.6 is 0 Å². The van der Waals surface area contributed by atoms with Gasteiger partial charge < -0.3 is 16.0 Å². The number of hydrogen-bond acceptors (Lipinski definition) is 4. The maximum atomic E-state index is 12.5. The van der Waals surface area contributed by atoms with Crippen molar-refractivity contribution in [3.8, 4) is 0 Å². The molecule has 0 unspecified atom stereocenters. The van der Waals surface area contributed by atoms with Crippen LogP contribution in [-0.2, 0) is 4.79 Å². The molecular weight excluding hydrogens is 278 g/mol. The molecule has 3 N–H and O–H groups in total. The van der Waals surface area contributed by atoms with Crippen molar-refractivity contribution in [2.75, 3.05) is 18.4 Å². The molecule has 22 heavy (non-hydrogen) atoms. The average molecular weight is 303 g/mol. The SMILES string of the molecule is O=C(Nc1ccn([C@@H]2CCNC2)n1)[C@@H]1C[C@@H]2CCCC[C@H]2N1. The first kappa shape index (κ1) is 14.2. The van der Waals surface area contributed by atoms with Crippen molar-refractivity contribution in [2.24, 2.45) is 5.92 Å². The predicted molar refractivity (Wildman–Crippen MR) is 84.7 cm³/mol. The third-order valence-corrected chi connectivity index (χ3v) is 5.45. The van der Waals surface area contributed by atoms with E-state index in [9.17, 15) is 4.79 Å². The summed E-state index contributed by atoms with van der Waals surface area (Å²) in [6.45, 7) is 2.00. The van der Waals surface area contributed by atoms with E-state index in [0.29, 0.717) is 23.8 Å². The van der Waals surface area contributed by atoms with Gasteiger partial charge in [0.2, 0.25) is 5.91 Å². The molecule has 3 fully saturated rings. The lowest BCUT2D eigenvalue weighted by molar-refractivity contribution is -0.117. The fourth-order valence-electron chi connectivity index (χ4n) is 4.21. The number of amides is 1. The van der Waals surface area contributed by atoms with Crippen molar-refractivity contribution in [1.29, 1.82) is 0 Å². The van der Waals surface area contributed by atoms with Crippen molar-refractivity contribution in [1.82, 2.24) is 20.4 Å². The Hall–Kier alpha value is -1.40. The summed E-state index contributed by atoms with van der Waals surface area (Å²) >= 11 is 0. The highest BCUT2D eigenvalue weighted by Gasteiger charge is 2.38. The van der Waals surface area contributed by atoms with E-state index in [1.54, 1.807) is 0 Å². The van der Waals surface area contributed by atoms with Crippen LogP contribution in [0.2, 0.25) is 0 Å². The molecule has 3 heterocycles. The molecule has 6 heteroatoms. The average Bonchev–Trinajstić information content (AvgIpc) is 3.26. The Morgan fingerprint density at radius 1 is 1.32 bits per heavy atom. The maximum Gasteiger partial charge on any atom is 0.242 e. The van der Waals surface area contributed by atoms with Gasteiger partial charge in [0.1, 0.15) is 0 Å². The second kappa shape index (κ2) is 6.01. The van der Waals surface area contributed by atoms with E-state index in [4.69, 9.17) is 0 Å². The number of aromatic nitrogens is 2. The Morgan fingerprint density at radius 2 is 2.23 bits per heavy atom. The molecule has 1 aromatic rings. The second-order valence-electron chi connectivity index (χ2n) is 6.92. The Bertz CT molecular complexity index is 522. The number of anilines is 1. The molecule has 120 valence electrons. The summed E-state index contributed by atoms with van der Waals surface area (Å²) in [5.41, 5.74) is 0. The van der Waals surface area contributed by atoms with Crippen LogP contribution in [0.25, 0.3) is 0 Å². The summed E-state index contributed by atoms with van der Waals surface area (Å²) in [5, 5.41) is 14.3. The van der Waals surface area contributed by atoms with Gasteiger partial charge in [-0.15, -0.1) is 0 Å². The van der Waals surface area contributed by atoms with Crippen LogP contribution in [-0.4, -0.2) is 40.9 Å². The topological polar surface area (TPSA) is 71.0 Å².